The lowest BCUT2D eigenvalue weighted by molar-refractivity contribution is -0.115. The lowest BCUT2D eigenvalue weighted by Crippen LogP contribution is -2.36. The molecule has 2 amide bonds. The van der Waals surface area contributed by atoms with Gasteiger partial charge >= 0.3 is 0 Å². The van der Waals surface area contributed by atoms with Gasteiger partial charge in [0, 0.05) is 30.6 Å². The summed E-state index contributed by atoms with van der Waals surface area (Å²) in [5.74, 6) is 0.344. The second-order valence-electron chi connectivity index (χ2n) is 7.53. The zero-order chi connectivity index (χ0) is 21.3. The summed E-state index contributed by atoms with van der Waals surface area (Å²) >= 11 is 0. The third-order valence-electron chi connectivity index (χ3n) is 4.91. The van der Waals surface area contributed by atoms with Crippen LogP contribution in [-0.2, 0) is 4.79 Å². The number of rotatable bonds is 5. The van der Waals surface area contributed by atoms with E-state index < -0.39 is 6.04 Å². The molecule has 0 spiro atoms. The molecule has 0 saturated carbocycles. The molecule has 0 saturated heterocycles. The Bertz CT molecular complexity index is 1080. The average Bonchev–Trinajstić information content (AvgIpc) is 3.21. The highest BCUT2D eigenvalue weighted by molar-refractivity contribution is 6.04. The smallest absolute Gasteiger partial charge is 0.252 e. The average molecular weight is 406 g/mol. The lowest BCUT2D eigenvalue weighted by atomic mass is 10.0. The van der Waals surface area contributed by atoms with Gasteiger partial charge in [0.15, 0.2) is 0 Å². The highest BCUT2D eigenvalue weighted by Gasteiger charge is 2.26. The van der Waals surface area contributed by atoms with E-state index in [1.807, 2.05) is 37.9 Å². The summed E-state index contributed by atoms with van der Waals surface area (Å²) in [6.45, 7) is 4.20. The van der Waals surface area contributed by atoms with Gasteiger partial charge in [-0.2, -0.15) is 4.98 Å². The fraction of sp³-hybridized carbons (Fsp3) is 0.286. The van der Waals surface area contributed by atoms with Gasteiger partial charge < -0.3 is 20.1 Å². The Morgan fingerprint density at radius 3 is 2.87 bits per heavy atom. The van der Waals surface area contributed by atoms with Gasteiger partial charge in [-0.25, -0.2) is 0 Å². The maximum absolute atomic E-state index is 12.9. The van der Waals surface area contributed by atoms with Gasteiger partial charge in [0.25, 0.3) is 5.91 Å². The predicted molar refractivity (Wildman–Crippen MR) is 111 cm³/mol. The molecule has 9 heteroatoms. The molecular formula is C21H22N6O3. The van der Waals surface area contributed by atoms with Crippen molar-refractivity contribution < 1.29 is 14.1 Å². The molecule has 3 heterocycles. The van der Waals surface area contributed by atoms with Crippen LogP contribution in [0.3, 0.4) is 0 Å². The van der Waals surface area contributed by atoms with Gasteiger partial charge in [0.1, 0.15) is 6.04 Å². The molecule has 4 rings (SSSR count). The van der Waals surface area contributed by atoms with Crippen LogP contribution in [0.1, 0.15) is 36.1 Å². The van der Waals surface area contributed by atoms with E-state index in [1.54, 1.807) is 30.6 Å². The molecule has 0 bridgehead atoms. The van der Waals surface area contributed by atoms with E-state index in [1.165, 1.54) is 0 Å². The number of hydrogen-bond acceptors (Lipinski definition) is 7. The minimum absolute atomic E-state index is 0.0135. The summed E-state index contributed by atoms with van der Waals surface area (Å²) < 4.78 is 5.43. The highest BCUT2D eigenvalue weighted by atomic mass is 16.5. The lowest BCUT2D eigenvalue weighted by Gasteiger charge is -2.27. The van der Waals surface area contributed by atoms with Crippen molar-refractivity contribution in [1.29, 1.82) is 0 Å². The number of likely N-dealkylation sites (N-methyl/N-ethyl adjacent to an activating group) is 1. The molecule has 1 aliphatic heterocycles. The summed E-state index contributed by atoms with van der Waals surface area (Å²) in [6.07, 6.45) is 3.32. The van der Waals surface area contributed by atoms with Crippen molar-refractivity contribution >= 4 is 23.2 Å². The molecule has 154 valence electrons. The minimum Gasteiger partial charge on any atom is -0.364 e. The third-order valence-corrected chi connectivity index (χ3v) is 4.91. The summed E-state index contributed by atoms with van der Waals surface area (Å²) in [4.78, 5) is 35.1. The first-order chi connectivity index (χ1) is 14.4. The summed E-state index contributed by atoms with van der Waals surface area (Å²) in [5, 5.41) is 9.79. The molecule has 9 nitrogen and oxygen atoms in total. The van der Waals surface area contributed by atoms with Crippen molar-refractivity contribution in [3.63, 3.8) is 0 Å². The normalized spacial score (nSPS) is 14.3. The minimum atomic E-state index is -0.469. The van der Waals surface area contributed by atoms with Gasteiger partial charge in [0.2, 0.25) is 17.6 Å². The summed E-state index contributed by atoms with van der Waals surface area (Å²) in [7, 11) is 1.83. The Labute approximate surface area is 173 Å². The number of pyridine rings is 1. The monoisotopic (exact) mass is 406 g/mol. The number of nitrogens with one attached hydrogen (secondary N) is 2. The van der Waals surface area contributed by atoms with Gasteiger partial charge in [-0.3, -0.25) is 14.6 Å². The summed E-state index contributed by atoms with van der Waals surface area (Å²) in [6, 6.07) is 8.38. The fourth-order valence-electron chi connectivity index (χ4n) is 3.31. The van der Waals surface area contributed by atoms with Crippen LogP contribution in [0.15, 0.2) is 47.2 Å². The molecule has 30 heavy (non-hydrogen) atoms. The van der Waals surface area contributed by atoms with Crippen LogP contribution >= 0.6 is 0 Å². The Kier molecular flexibility index (Phi) is 5.18. The molecule has 0 fully saturated rings. The van der Waals surface area contributed by atoms with Crippen LogP contribution in [0.4, 0.5) is 11.4 Å². The molecule has 1 atom stereocenters. The number of aromatic nitrogens is 3. The molecule has 2 aromatic heterocycles. The van der Waals surface area contributed by atoms with Crippen molar-refractivity contribution in [1.82, 2.24) is 20.4 Å². The molecule has 1 aromatic carbocycles. The van der Waals surface area contributed by atoms with Gasteiger partial charge in [-0.1, -0.05) is 19.0 Å². The molecule has 2 N–H and O–H groups in total. The maximum Gasteiger partial charge on any atom is 0.252 e. The third kappa shape index (κ3) is 3.86. The van der Waals surface area contributed by atoms with E-state index in [2.05, 4.69) is 25.8 Å². The summed E-state index contributed by atoms with van der Waals surface area (Å²) in [5.41, 5.74) is 2.64. The van der Waals surface area contributed by atoms with Crippen molar-refractivity contribution in [3.05, 3.63) is 54.2 Å². The first kappa shape index (κ1) is 19.6. The van der Waals surface area contributed by atoms with E-state index in [0.717, 1.165) is 11.3 Å². The molecule has 1 aliphatic rings. The van der Waals surface area contributed by atoms with Crippen LogP contribution in [-0.4, -0.2) is 40.5 Å². The molecule has 0 radical (unpaired) electrons. The van der Waals surface area contributed by atoms with E-state index >= 15 is 0 Å². The van der Waals surface area contributed by atoms with Gasteiger partial charge in [-0.15, -0.1) is 0 Å². The second-order valence-corrected chi connectivity index (χ2v) is 7.53. The number of amides is 2. The second kappa shape index (κ2) is 7.94. The van der Waals surface area contributed by atoms with Crippen molar-refractivity contribution in [2.75, 3.05) is 23.8 Å². The standard InChI is InChI=1S/C21H22N6O3/c1-12(2)18(21-25-19(26-30-21)14-5-4-8-22-10-14)24-20(29)13-6-7-16-15(9-13)23-17(28)11-27(16)3/h4-10,12,18H,11H2,1-3H3,(H,23,28)(H,24,29). The molecular weight excluding hydrogens is 384 g/mol. The zero-order valence-electron chi connectivity index (χ0n) is 16.9. The first-order valence-corrected chi connectivity index (χ1v) is 9.62. The van der Waals surface area contributed by atoms with Crippen molar-refractivity contribution in [3.8, 4) is 11.4 Å². The number of carbonyl (C=O) groups excluding carboxylic acids is 2. The van der Waals surface area contributed by atoms with Crippen LogP contribution in [0, 0.1) is 5.92 Å². The van der Waals surface area contributed by atoms with Crippen LogP contribution < -0.4 is 15.5 Å². The SMILES string of the molecule is CC(C)C(NC(=O)c1ccc2c(c1)NC(=O)CN2C)c1nc(-c2cccnc2)no1. The van der Waals surface area contributed by atoms with Gasteiger partial charge in [-0.05, 0) is 36.2 Å². The largest absolute Gasteiger partial charge is 0.364 e. The van der Waals surface area contributed by atoms with E-state index in [0.29, 0.717) is 23.0 Å². The zero-order valence-corrected chi connectivity index (χ0v) is 16.9. The van der Waals surface area contributed by atoms with Crippen molar-refractivity contribution in [2.24, 2.45) is 5.92 Å². The molecule has 1 unspecified atom stereocenters. The van der Waals surface area contributed by atoms with E-state index in [9.17, 15) is 9.59 Å². The number of carbonyl (C=O) groups is 2. The highest BCUT2D eigenvalue weighted by Crippen LogP contribution is 2.30. The Balaban J connectivity index is 1.56. The van der Waals surface area contributed by atoms with Crippen LogP contribution in [0.25, 0.3) is 11.4 Å². The van der Waals surface area contributed by atoms with E-state index in [-0.39, 0.29) is 24.3 Å². The van der Waals surface area contributed by atoms with Crippen LogP contribution in [0.5, 0.6) is 0 Å². The number of nitrogens with zero attached hydrogens (tertiary/aromatic N) is 4. The number of benzene rings is 1. The Morgan fingerprint density at radius 1 is 1.30 bits per heavy atom. The number of fused-ring (bicyclic) bond motifs is 1. The number of hydrogen-bond donors (Lipinski definition) is 2. The van der Waals surface area contributed by atoms with Gasteiger partial charge in [0.05, 0.1) is 17.9 Å². The number of anilines is 2. The quantitative estimate of drug-likeness (QED) is 0.670. The topological polar surface area (TPSA) is 113 Å². The Morgan fingerprint density at radius 2 is 2.13 bits per heavy atom. The fourth-order valence-corrected chi connectivity index (χ4v) is 3.31. The molecule has 0 aliphatic carbocycles. The predicted octanol–water partition coefficient (Wildman–Crippen LogP) is 2.65. The maximum atomic E-state index is 12.9. The Hall–Kier alpha value is -3.75. The first-order valence-electron chi connectivity index (χ1n) is 9.62. The van der Waals surface area contributed by atoms with E-state index in [4.69, 9.17) is 4.52 Å². The molecule has 3 aromatic rings. The van der Waals surface area contributed by atoms with Crippen LogP contribution in [0.2, 0.25) is 0 Å². The van der Waals surface area contributed by atoms with Crippen molar-refractivity contribution in [2.45, 2.75) is 19.9 Å².